The van der Waals surface area contributed by atoms with Gasteiger partial charge in [-0.25, -0.2) is 9.97 Å². The molecule has 0 aliphatic carbocycles. The third kappa shape index (κ3) is 2.72. The summed E-state index contributed by atoms with van der Waals surface area (Å²) in [5.41, 5.74) is 9.42. The lowest BCUT2D eigenvalue weighted by Gasteiger charge is -2.06. The molecule has 0 radical (unpaired) electrons. The molecule has 0 bridgehead atoms. The van der Waals surface area contributed by atoms with Crippen molar-refractivity contribution in [2.75, 3.05) is 0 Å². The summed E-state index contributed by atoms with van der Waals surface area (Å²) in [4.78, 5) is 8.92. The van der Waals surface area contributed by atoms with Crippen LogP contribution in [0.5, 0.6) is 0 Å². The Morgan fingerprint density at radius 3 is 2.16 bits per heavy atom. The maximum absolute atomic E-state index is 6.26. The minimum absolute atomic E-state index is 0.741. The Kier molecular flexibility index (Phi) is 3.65. The van der Waals surface area contributed by atoms with Crippen LogP contribution in [0.4, 0.5) is 0 Å². The first-order valence-electron chi connectivity index (χ1n) is 8.43. The van der Waals surface area contributed by atoms with E-state index in [4.69, 9.17) is 4.42 Å². The van der Waals surface area contributed by atoms with Gasteiger partial charge in [-0.05, 0) is 51.0 Å². The number of hydrogen-bond acceptors (Lipinski definition) is 3. The molecule has 124 valence electrons. The molecule has 3 nitrogen and oxygen atoms in total. The van der Waals surface area contributed by atoms with Gasteiger partial charge in [0.05, 0.1) is 0 Å². The minimum Gasteiger partial charge on any atom is -0.452 e. The lowest BCUT2D eigenvalue weighted by Crippen LogP contribution is -1.88. The zero-order valence-electron chi connectivity index (χ0n) is 14.9. The Balaban J connectivity index is 1.96. The zero-order chi connectivity index (χ0) is 17.6. The second-order valence-corrected chi connectivity index (χ2v) is 6.69. The average molecular weight is 328 g/mol. The van der Waals surface area contributed by atoms with Gasteiger partial charge in [0.15, 0.2) is 5.58 Å². The first-order valence-corrected chi connectivity index (χ1v) is 8.43. The number of rotatable bonds is 2. The Morgan fingerprint density at radius 2 is 1.48 bits per heavy atom. The third-order valence-corrected chi connectivity index (χ3v) is 4.53. The Hall–Kier alpha value is -2.94. The van der Waals surface area contributed by atoms with Crippen LogP contribution in [0.2, 0.25) is 0 Å². The maximum atomic E-state index is 6.26. The van der Waals surface area contributed by atoms with Crippen LogP contribution in [0, 0.1) is 27.7 Å². The lowest BCUT2D eigenvalue weighted by atomic mass is 10.0. The molecule has 0 saturated heterocycles. The monoisotopic (exact) mass is 328 g/mol. The number of fused-ring (bicyclic) bond motifs is 1. The molecule has 0 N–H and O–H groups in total. The van der Waals surface area contributed by atoms with Crippen LogP contribution in [-0.2, 0) is 0 Å². The Bertz CT molecular complexity index is 1050. The fraction of sp³-hybridized carbons (Fsp3) is 0.182. The summed E-state index contributed by atoms with van der Waals surface area (Å²) < 4.78 is 6.26. The molecule has 0 aliphatic heterocycles. The molecule has 25 heavy (non-hydrogen) atoms. The molecule has 3 heteroatoms. The van der Waals surface area contributed by atoms with E-state index in [1.54, 1.807) is 6.33 Å². The molecular formula is C22H20N2O. The smallest absolute Gasteiger partial charge is 0.179 e. The molecular weight excluding hydrogens is 308 g/mol. The standard InChI is InChI=1S/C22H20N2O/c1-13-8-14(2)10-17(9-13)21-22-18(23-12-24-21)11-19(25-22)20-15(3)6-5-7-16(20)4/h5-12H,1-4H3. The third-order valence-electron chi connectivity index (χ3n) is 4.53. The van der Waals surface area contributed by atoms with Crippen molar-refractivity contribution < 1.29 is 4.42 Å². The molecule has 0 unspecified atom stereocenters. The summed E-state index contributed by atoms with van der Waals surface area (Å²) in [6, 6.07) is 14.7. The Labute approximate surface area is 147 Å². The fourth-order valence-corrected chi connectivity index (χ4v) is 3.50. The van der Waals surface area contributed by atoms with E-state index >= 15 is 0 Å². The molecule has 0 saturated carbocycles. The van der Waals surface area contributed by atoms with Gasteiger partial charge in [-0.3, -0.25) is 0 Å². The van der Waals surface area contributed by atoms with Crippen LogP contribution in [0.25, 0.3) is 33.7 Å². The van der Waals surface area contributed by atoms with Crippen molar-refractivity contribution in [1.29, 1.82) is 0 Å². The lowest BCUT2D eigenvalue weighted by molar-refractivity contribution is 0.629. The molecule has 2 heterocycles. The van der Waals surface area contributed by atoms with E-state index < -0.39 is 0 Å². The van der Waals surface area contributed by atoms with Crippen LogP contribution >= 0.6 is 0 Å². The number of benzene rings is 2. The largest absolute Gasteiger partial charge is 0.452 e. The quantitative estimate of drug-likeness (QED) is 0.467. The van der Waals surface area contributed by atoms with Gasteiger partial charge in [-0.2, -0.15) is 0 Å². The molecule has 0 fully saturated rings. The molecule has 4 aromatic rings. The number of furan rings is 1. The van der Waals surface area contributed by atoms with Crippen molar-refractivity contribution in [1.82, 2.24) is 9.97 Å². The molecule has 2 aromatic carbocycles. The highest BCUT2D eigenvalue weighted by atomic mass is 16.3. The van der Waals surface area contributed by atoms with Gasteiger partial charge in [-0.15, -0.1) is 0 Å². The number of aromatic nitrogens is 2. The summed E-state index contributed by atoms with van der Waals surface area (Å²) in [5, 5.41) is 0. The first kappa shape index (κ1) is 15.6. The predicted octanol–water partition coefficient (Wildman–Crippen LogP) is 5.79. The SMILES string of the molecule is Cc1cc(C)cc(-c2ncnc3cc(-c4c(C)cccc4C)oc23)c1. The molecule has 0 aliphatic rings. The highest BCUT2D eigenvalue weighted by Gasteiger charge is 2.16. The number of nitrogens with zero attached hydrogens (tertiary/aromatic N) is 2. The van der Waals surface area contributed by atoms with Crippen molar-refractivity contribution in [3.63, 3.8) is 0 Å². The number of aryl methyl sites for hydroxylation is 4. The van der Waals surface area contributed by atoms with E-state index in [1.165, 1.54) is 22.3 Å². The summed E-state index contributed by atoms with van der Waals surface area (Å²) in [5.74, 6) is 0.844. The van der Waals surface area contributed by atoms with E-state index in [1.807, 2.05) is 6.07 Å². The second kappa shape index (κ2) is 5.85. The molecule has 4 rings (SSSR count). The topological polar surface area (TPSA) is 38.9 Å². The number of hydrogen-bond donors (Lipinski definition) is 0. The zero-order valence-corrected chi connectivity index (χ0v) is 14.9. The normalized spacial score (nSPS) is 11.2. The van der Waals surface area contributed by atoms with Crippen LogP contribution < -0.4 is 0 Å². The van der Waals surface area contributed by atoms with Crippen molar-refractivity contribution in [2.24, 2.45) is 0 Å². The molecule has 0 atom stereocenters. The van der Waals surface area contributed by atoms with Crippen molar-refractivity contribution in [2.45, 2.75) is 27.7 Å². The average Bonchev–Trinajstić information content (AvgIpc) is 2.97. The van der Waals surface area contributed by atoms with Gasteiger partial charge < -0.3 is 4.42 Å². The Morgan fingerprint density at radius 1 is 0.800 bits per heavy atom. The molecule has 2 aromatic heterocycles. The van der Waals surface area contributed by atoms with Crippen molar-refractivity contribution in [3.05, 3.63) is 71.0 Å². The van der Waals surface area contributed by atoms with Gasteiger partial charge in [-0.1, -0.05) is 35.4 Å². The van der Waals surface area contributed by atoms with E-state index in [9.17, 15) is 0 Å². The van der Waals surface area contributed by atoms with Crippen LogP contribution in [0.1, 0.15) is 22.3 Å². The summed E-state index contributed by atoms with van der Waals surface area (Å²) in [6.07, 6.45) is 1.61. The molecule has 0 spiro atoms. The van der Waals surface area contributed by atoms with Crippen LogP contribution in [0.15, 0.2) is 53.2 Å². The summed E-state index contributed by atoms with van der Waals surface area (Å²) >= 11 is 0. The second-order valence-electron chi connectivity index (χ2n) is 6.69. The van der Waals surface area contributed by atoms with Gasteiger partial charge in [0.25, 0.3) is 0 Å². The first-order chi connectivity index (χ1) is 12.0. The summed E-state index contributed by atoms with van der Waals surface area (Å²) in [7, 11) is 0. The van der Waals surface area contributed by atoms with Crippen molar-refractivity contribution in [3.8, 4) is 22.6 Å². The van der Waals surface area contributed by atoms with E-state index in [-0.39, 0.29) is 0 Å². The maximum Gasteiger partial charge on any atom is 0.179 e. The van der Waals surface area contributed by atoms with E-state index in [0.717, 1.165) is 33.7 Å². The van der Waals surface area contributed by atoms with Gasteiger partial charge in [0, 0.05) is 17.2 Å². The van der Waals surface area contributed by atoms with E-state index in [2.05, 4.69) is 74.1 Å². The highest BCUT2D eigenvalue weighted by Crippen LogP contribution is 2.35. The van der Waals surface area contributed by atoms with E-state index in [0.29, 0.717) is 0 Å². The molecule has 0 amide bonds. The fourth-order valence-electron chi connectivity index (χ4n) is 3.50. The van der Waals surface area contributed by atoms with Gasteiger partial charge in [0.1, 0.15) is 23.3 Å². The summed E-state index contributed by atoms with van der Waals surface area (Å²) in [6.45, 7) is 8.40. The van der Waals surface area contributed by atoms with Crippen molar-refractivity contribution >= 4 is 11.1 Å². The predicted molar refractivity (Wildman–Crippen MR) is 102 cm³/mol. The van der Waals surface area contributed by atoms with Gasteiger partial charge in [0.2, 0.25) is 0 Å². The minimum atomic E-state index is 0.741. The van der Waals surface area contributed by atoms with Gasteiger partial charge >= 0.3 is 0 Å². The highest BCUT2D eigenvalue weighted by molar-refractivity contribution is 5.91. The van der Waals surface area contributed by atoms with Crippen LogP contribution in [0.3, 0.4) is 0 Å². The van der Waals surface area contributed by atoms with Crippen LogP contribution in [-0.4, -0.2) is 9.97 Å².